The van der Waals surface area contributed by atoms with E-state index in [4.69, 9.17) is 4.74 Å². The van der Waals surface area contributed by atoms with E-state index in [9.17, 15) is 4.79 Å². The molecule has 1 unspecified atom stereocenters. The largest absolute Gasteiger partial charge is 0.383 e. The average molecular weight is 276 g/mol. The van der Waals surface area contributed by atoms with E-state index in [1.165, 1.54) is 11.1 Å². The van der Waals surface area contributed by atoms with E-state index in [0.29, 0.717) is 13.2 Å². The van der Waals surface area contributed by atoms with E-state index in [1.54, 1.807) is 7.11 Å². The summed E-state index contributed by atoms with van der Waals surface area (Å²) in [5.41, 5.74) is 2.57. The Balaban J connectivity index is 2.06. The van der Waals surface area contributed by atoms with Gasteiger partial charge in [-0.2, -0.15) is 0 Å². The van der Waals surface area contributed by atoms with Crippen LogP contribution in [0.5, 0.6) is 0 Å². The van der Waals surface area contributed by atoms with Crippen molar-refractivity contribution in [1.82, 2.24) is 10.2 Å². The Morgan fingerprint density at radius 2 is 2.15 bits per heavy atom. The normalized spacial score (nSPS) is 19.2. The molecule has 0 spiro atoms. The van der Waals surface area contributed by atoms with Gasteiger partial charge in [0.05, 0.1) is 18.7 Å². The van der Waals surface area contributed by atoms with Crippen molar-refractivity contribution in [3.05, 3.63) is 35.4 Å². The number of carbonyl (C=O) groups excluding carboxylic acids is 1. The molecule has 0 saturated heterocycles. The maximum atomic E-state index is 12.7. The predicted molar refractivity (Wildman–Crippen MR) is 79.5 cm³/mol. The predicted octanol–water partition coefficient (Wildman–Crippen LogP) is 1.58. The lowest BCUT2D eigenvalue weighted by molar-refractivity contribution is -0.136. The molecule has 1 N–H and O–H groups in total. The molecule has 0 aliphatic carbocycles. The molecule has 1 amide bonds. The van der Waals surface area contributed by atoms with Crippen molar-refractivity contribution in [2.75, 3.05) is 20.3 Å². The molecule has 0 fully saturated rings. The highest BCUT2D eigenvalue weighted by atomic mass is 16.5. The molecule has 0 saturated carbocycles. The minimum absolute atomic E-state index is 0.108. The van der Waals surface area contributed by atoms with Gasteiger partial charge in [-0.25, -0.2) is 0 Å². The summed E-state index contributed by atoms with van der Waals surface area (Å²) in [6.45, 7) is 6.09. The van der Waals surface area contributed by atoms with E-state index in [-0.39, 0.29) is 18.0 Å². The molecule has 2 atom stereocenters. The first kappa shape index (κ1) is 15.0. The summed E-state index contributed by atoms with van der Waals surface area (Å²) in [6, 6.07) is 8.30. The standard InChI is InChI=1S/C16H24N2O2/c1-4-18(12(2)11-20-3)16(19)15-9-13-7-5-6-8-14(13)10-17-15/h5-8,12,15,17H,4,9-11H2,1-3H3/t12?,15-/m1/s1. The molecular weight excluding hydrogens is 252 g/mol. The average Bonchev–Trinajstić information content (AvgIpc) is 2.47. The van der Waals surface area contributed by atoms with Crippen LogP contribution in [0.3, 0.4) is 0 Å². The summed E-state index contributed by atoms with van der Waals surface area (Å²) in [6.07, 6.45) is 0.769. The SMILES string of the molecule is CCN(C(=O)[C@H]1Cc2ccccc2CN1)C(C)COC. The molecule has 1 aromatic carbocycles. The van der Waals surface area contributed by atoms with Crippen LogP contribution in [0.25, 0.3) is 0 Å². The molecule has 0 bridgehead atoms. The number of carbonyl (C=O) groups is 1. The fourth-order valence-corrected chi connectivity index (χ4v) is 2.85. The van der Waals surface area contributed by atoms with Crippen molar-refractivity contribution in [1.29, 1.82) is 0 Å². The Morgan fingerprint density at radius 3 is 2.80 bits per heavy atom. The van der Waals surface area contributed by atoms with E-state index in [0.717, 1.165) is 13.0 Å². The molecule has 1 aliphatic heterocycles. The lowest BCUT2D eigenvalue weighted by Crippen LogP contribution is -2.52. The third-order valence-corrected chi connectivity index (χ3v) is 3.94. The zero-order valence-electron chi connectivity index (χ0n) is 12.6. The molecule has 2 rings (SSSR count). The lowest BCUT2D eigenvalue weighted by atomic mass is 9.95. The molecule has 1 aromatic rings. The number of benzene rings is 1. The summed E-state index contributed by atoms with van der Waals surface area (Å²) in [5, 5.41) is 3.35. The number of ether oxygens (including phenoxy) is 1. The second-order valence-electron chi connectivity index (χ2n) is 5.33. The zero-order valence-corrected chi connectivity index (χ0v) is 12.6. The molecule has 1 aliphatic rings. The van der Waals surface area contributed by atoms with Crippen molar-refractivity contribution < 1.29 is 9.53 Å². The Hall–Kier alpha value is -1.39. The second-order valence-corrected chi connectivity index (χ2v) is 5.33. The second kappa shape index (κ2) is 6.86. The number of methoxy groups -OCH3 is 1. The number of nitrogens with one attached hydrogen (secondary N) is 1. The van der Waals surface area contributed by atoms with Gasteiger partial charge in [-0.15, -0.1) is 0 Å². The Labute approximate surface area is 121 Å². The number of fused-ring (bicyclic) bond motifs is 1. The van der Waals surface area contributed by atoms with Gasteiger partial charge in [-0.3, -0.25) is 4.79 Å². The highest BCUT2D eigenvalue weighted by Gasteiger charge is 2.29. The van der Waals surface area contributed by atoms with Crippen molar-refractivity contribution in [2.24, 2.45) is 0 Å². The molecule has 1 heterocycles. The molecule has 4 heteroatoms. The van der Waals surface area contributed by atoms with Crippen LogP contribution in [0.2, 0.25) is 0 Å². The molecule has 20 heavy (non-hydrogen) atoms. The van der Waals surface area contributed by atoms with Crippen LogP contribution < -0.4 is 5.32 Å². The zero-order chi connectivity index (χ0) is 14.5. The third kappa shape index (κ3) is 3.19. The maximum absolute atomic E-state index is 12.7. The van der Waals surface area contributed by atoms with Gasteiger partial charge >= 0.3 is 0 Å². The molecule has 110 valence electrons. The quantitative estimate of drug-likeness (QED) is 0.888. The summed E-state index contributed by atoms with van der Waals surface area (Å²) in [4.78, 5) is 14.6. The van der Waals surface area contributed by atoms with Crippen LogP contribution in [0.1, 0.15) is 25.0 Å². The van der Waals surface area contributed by atoms with Gasteiger partial charge in [0, 0.05) is 20.2 Å². The van der Waals surface area contributed by atoms with Gasteiger partial charge in [0.15, 0.2) is 0 Å². The lowest BCUT2D eigenvalue weighted by Gasteiger charge is -2.33. The first-order valence-corrected chi connectivity index (χ1v) is 7.27. The molecule has 4 nitrogen and oxygen atoms in total. The monoisotopic (exact) mass is 276 g/mol. The Morgan fingerprint density at radius 1 is 1.45 bits per heavy atom. The van der Waals surface area contributed by atoms with E-state index in [1.807, 2.05) is 30.9 Å². The Kier molecular flexibility index (Phi) is 5.15. The minimum Gasteiger partial charge on any atom is -0.383 e. The van der Waals surface area contributed by atoms with Crippen molar-refractivity contribution in [2.45, 2.75) is 38.9 Å². The van der Waals surface area contributed by atoms with Crippen LogP contribution in [0.15, 0.2) is 24.3 Å². The summed E-state index contributed by atoms with van der Waals surface area (Å²) < 4.78 is 5.17. The van der Waals surface area contributed by atoms with Crippen molar-refractivity contribution >= 4 is 5.91 Å². The number of rotatable bonds is 5. The topological polar surface area (TPSA) is 41.6 Å². The van der Waals surface area contributed by atoms with Crippen LogP contribution in [0, 0.1) is 0 Å². The summed E-state index contributed by atoms with van der Waals surface area (Å²) in [5.74, 6) is 0.173. The highest BCUT2D eigenvalue weighted by molar-refractivity contribution is 5.83. The molecule has 0 radical (unpaired) electrons. The molecular formula is C16H24N2O2. The van der Waals surface area contributed by atoms with Crippen LogP contribution in [-0.4, -0.2) is 43.2 Å². The van der Waals surface area contributed by atoms with Gasteiger partial charge in [0.1, 0.15) is 0 Å². The number of likely N-dealkylation sites (N-methyl/N-ethyl adjacent to an activating group) is 1. The number of nitrogens with zero attached hydrogens (tertiary/aromatic N) is 1. The minimum atomic E-state index is -0.121. The van der Waals surface area contributed by atoms with Crippen LogP contribution in [0.4, 0.5) is 0 Å². The van der Waals surface area contributed by atoms with E-state index < -0.39 is 0 Å². The fourth-order valence-electron chi connectivity index (χ4n) is 2.85. The van der Waals surface area contributed by atoms with E-state index >= 15 is 0 Å². The van der Waals surface area contributed by atoms with Gasteiger partial charge in [-0.05, 0) is 31.4 Å². The van der Waals surface area contributed by atoms with Crippen LogP contribution in [-0.2, 0) is 22.5 Å². The van der Waals surface area contributed by atoms with E-state index in [2.05, 4.69) is 17.4 Å². The summed E-state index contributed by atoms with van der Waals surface area (Å²) in [7, 11) is 1.67. The highest BCUT2D eigenvalue weighted by Crippen LogP contribution is 2.18. The van der Waals surface area contributed by atoms with Gasteiger partial charge in [-0.1, -0.05) is 24.3 Å². The first-order valence-electron chi connectivity index (χ1n) is 7.27. The number of hydrogen-bond acceptors (Lipinski definition) is 3. The summed E-state index contributed by atoms with van der Waals surface area (Å²) >= 11 is 0. The Bertz CT molecular complexity index is 462. The number of amides is 1. The van der Waals surface area contributed by atoms with Crippen molar-refractivity contribution in [3.8, 4) is 0 Å². The van der Waals surface area contributed by atoms with Gasteiger partial charge < -0.3 is 15.0 Å². The smallest absolute Gasteiger partial charge is 0.240 e. The third-order valence-electron chi connectivity index (χ3n) is 3.94. The van der Waals surface area contributed by atoms with Gasteiger partial charge in [0.25, 0.3) is 0 Å². The maximum Gasteiger partial charge on any atom is 0.240 e. The fraction of sp³-hybridized carbons (Fsp3) is 0.562. The first-order chi connectivity index (χ1) is 9.67. The molecule has 0 aromatic heterocycles. The van der Waals surface area contributed by atoms with Gasteiger partial charge in [0.2, 0.25) is 5.91 Å². The van der Waals surface area contributed by atoms with Crippen LogP contribution >= 0.6 is 0 Å². The van der Waals surface area contributed by atoms with Crippen molar-refractivity contribution in [3.63, 3.8) is 0 Å². The number of hydrogen-bond donors (Lipinski definition) is 1.